The minimum absolute atomic E-state index is 0.875. The molecule has 0 saturated heterocycles. The van der Waals surface area contributed by atoms with Crippen LogP contribution < -0.4 is 5.73 Å². The van der Waals surface area contributed by atoms with Crippen molar-refractivity contribution in [1.29, 1.82) is 0 Å². The molecule has 9 aliphatic carbocycles. The predicted molar refractivity (Wildman–Crippen MR) is 89.1 cm³/mol. The molecule has 0 aromatic heterocycles. The summed E-state index contributed by atoms with van der Waals surface area (Å²) in [6, 6.07) is 0. The Hall–Kier alpha value is -0.0400. The summed E-state index contributed by atoms with van der Waals surface area (Å²) in [5.74, 6) is 16.4. The van der Waals surface area contributed by atoms with Gasteiger partial charge < -0.3 is 5.73 Å². The first-order chi connectivity index (χ1) is 11.2. The van der Waals surface area contributed by atoms with Gasteiger partial charge in [0.15, 0.2) is 0 Å². The van der Waals surface area contributed by atoms with Gasteiger partial charge in [0.1, 0.15) is 0 Å². The van der Waals surface area contributed by atoms with Crippen LogP contribution in [0.15, 0.2) is 0 Å². The van der Waals surface area contributed by atoms with E-state index in [9.17, 15) is 0 Å². The first-order valence-corrected chi connectivity index (χ1v) is 10.9. The van der Waals surface area contributed by atoms with Gasteiger partial charge in [-0.1, -0.05) is 6.92 Å². The quantitative estimate of drug-likeness (QED) is 0.735. The molecular formula is C22H31N. The van der Waals surface area contributed by atoms with Crippen molar-refractivity contribution in [3.8, 4) is 0 Å². The van der Waals surface area contributed by atoms with E-state index in [0.29, 0.717) is 0 Å². The van der Waals surface area contributed by atoms with Crippen molar-refractivity contribution >= 4 is 0 Å². The smallest absolute Gasteiger partial charge is 0.00459 e. The third-order valence-electron chi connectivity index (χ3n) is 11.9. The van der Waals surface area contributed by atoms with E-state index >= 15 is 0 Å². The molecule has 9 saturated carbocycles. The third kappa shape index (κ3) is 0.950. The summed E-state index contributed by atoms with van der Waals surface area (Å²) in [7, 11) is 0. The average Bonchev–Trinajstić information content (AvgIpc) is 3.17. The highest BCUT2D eigenvalue weighted by Gasteiger charge is 2.90. The van der Waals surface area contributed by atoms with Crippen LogP contribution in [0.2, 0.25) is 0 Å². The van der Waals surface area contributed by atoms with Gasteiger partial charge in [-0.3, -0.25) is 0 Å². The van der Waals surface area contributed by atoms with E-state index in [1.807, 2.05) is 0 Å². The lowest BCUT2D eigenvalue weighted by Gasteiger charge is -2.89. The molecule has 1 nitrogen and oxygen atoms in total. The summed E-state index contributed by atoms with van der Waals surface area (Å²) >= 11 is 0. The lowest BCUT2D eigenvalue weighted by Crippen LogP contribution is -2.85. The summed E-state index contributed by atoms with van der Waals surface area (Å²) in [6.45, 7) is 3.53. The topological polar surface area (TPSA) is 26.0 Å². The molecule has 0 heterocycles. The third-order valence-corrected chi connectivity index (χ3v) is 11.9. The fourth-order valence-corrected chi connectivity index (χ4v) is 12.0. The Kier molecular flexibility index (Phi) is 1.78. The number of fused-ring (bicyclic) bond motifs is 13. The van der Waals surface area contributed by atoms with Gasteiger partial charge in [0.2, 0.25) is 0 Å². The van der Waals surface area contributed by atoms with Gasteiger partial charge in [-0.15, -0.1) is 0 Å². The fraction of sp³-hybridized carbons (Fsp3) is 1.00. The van der Waals surface area contributed by atoms with Crippen molar-refractivity contribution in [3.05, 3.63) is 0 Å². The van der Waals surface area contributed by atoms with Crippen molar-refractivity contribution in [2.75, 3.05) is 6.54 Å². The lowest BCUT2D eigenvalue weighted by molar-refractivity contribution is -0.424. The molecule has 0 aromatic carbocycles. The van der Waals surface area contributed by atoms with E-state index in [2.05, 4.69) is 6.92 Å². The summed E-state index contributed by atoms with van der Waals surface area (Å²) < 4.78 is 0. The second-order valence-corrected chi connectivity index (χ2v) is 11.7. The van der Waals surface area contributed by atoms with Gasteiger partial charge in [-0.25, -0.2) is 0 Å². The van der Waals surface area contributed by atoms with Crippen LogP contribution >= 0.6 is 0 Å². The highest BCUT2D eigenvalue weighted by molar-refractivity contribution is 5.37. The van der Waals surface area contributed by atoms with E-state index in [-0.39, 0.29) is 0 Å². The summed E-state index contributed by atoms with van der Waals surface area (Å²) in [6.07, 6.45) is 8.01. The highest BCUT2D eigenvalue weighted by atomic mass is 14.9. The highest BCUT2D eigenvalue weighted by Crippen LogP contribution is 2.94. The normalized spacial score (nSPS) is 80.1. The van der Waals surface area contributed by atoms with Crippen molar-refractivity contribution in [2.45, 2.75) is 39.0 Å². The molecule has 0 aromatic rings. The van der Waals surface area contributed by atoms with E-state index in [1.165, 1.54) is 59.2 Å². The first kappa shape index (κ1) is 12.3. The van der Waals surface area contributed by atoms with Crippen molar-refractivity contribution in [3.63, 3.8) is 0 Å². The summed E-state index contributed by atoms with van der Waals surface area (Å²) in [4.78, 5) is 0. The average molecular weight is 309 g/mol. The predicted octanol–water partition coefficient (Wildman–Crippen LogP) is 3.64. The Balaban J connectivity index is 1.11. The molecule has 9 fully saturated rings. The van der Waals surface area contributed by atoms with Gasteiger partial charge in [0.05, 0.1) is 0 Å². The minimum atomic E-state index is 0.875. The van der Waals surface area contributed by atoms with Crippen LogP contribution in [0.3, 0.4) is 0 Å². The zero-order valence-corrected chi connectivity index (χ0v) is 14.4. The van der Waals surface area contributed by atoms with Crippen molar-refractivity contribution in [2.24, 2.45) is 94.0 Å². The van der Waals surface area contributed by atoms with Crippen LogP contribution in [0, 0.1) is 88.3 Å². The van der Waals surface area contributed by atoms with Crippen LogP contribution in [0.4, 0.5) is 0 Å². The zero-order chi connectivity index (χ0) is 14.8. The van der Waals surface area contributed by atoms with Crippen LogP contribution in [0.1, 0.15) is 39.0 Å². The van der Waals surface area contributed by atoms with Crippen LogP contribution in [0.25, 0.3) is 0 Å². The number of hydrogen-bond donors (Lipinski definition) is 1. The SMILES string of the molecule is CC1CC2CC3C(C2C1)C1C3C2C1C1C3C4CC3(CC4CN)C21. The zero-order valence-electron chi connectivity index (χ0n) is 14.4. The molecule has 15 unspecified atom stereocenters. The van der Waals surface area contributed by atoms with Gasteiger partial charge >= 0.3 is 0 Å². The molecule has 124 valence electrons. The lowest BCUT2D eigenvalue weighted by atomic mass is 9.15. The number of hydrogen-bond acceptors (Lipinski definition) is 1. The molecule has 9 rings (SSSR count). The Morgan fingerprint density at radius 2 is 1.65 bits per heavy atom. The number of nitrogens with two attached hydrogens (primary N) is 1. The Bertz CT molecular complexity index is 627. The second kappa shape index (κ2) is 3.31. The van der Waals surface area contributed by atoms with E-state index in [0.717, 1.165) is 35.6 Å². The monoisotopic (exact) mass is 309 g/mol. The second-order valence-electron chi connectivity index (χ2n) is 11.7. The maximum Gasteiger partial charge on any atom is -0.00459 e. The maximum atomic E-state index is 6.11. The van der Waals surface area contributed by atoms with Gasteiger partial charge in [-0.05, 0) is 127 Å². The molecule has 0 aliphatic heterocycles. The summed E-state index contributed by atoms with van der Waals surface area (Å²) in [5.41, 5.74) is 6.98. The van der Waals surface area contributed by atoms with Gasteiger partial charge in [-0.2, -0.15) is 0 Å². The Labute approximate surface area is 140 Å². The van der Waals surface area contributed by atoms with E-state index in [1.54, 1.807) is 32.1 Å². The van der Waals surface area contributed by atoms with Gasteiger partial charge in [0.25, 0.3) is 0 Å². The molecule has 0 amide bonds. The first-order valence-electron chi connectivity index (χ1n) is 10.9. The number of rotatable bonds is 1. The van der Waals surface area contributed by atoms with E-state index in [4.69, 9.17) is 5.73 Å². The van der Waals surface area contributed by atoms with Crippen LogP contribution in [0.5, 0.6) is 0 Å². The molecule has 1 spiro atoms. The molecule has 0 radical (unpaired) electrons. The molecule has 2 N–H and O–H groups in total. The fourth-order valence-electron chi connectivity index (χ4n) is 12.0. The molecule has 9 aliphatic rings. The maximum absolute atomic E-state index is 6.11. The molecule has 1 heteroatoms. The molecule has 2 bridgehead atoms. The van der Waals surface area contributed by atoms with Crippen molar-refractivity contribution < 1.29 is 0 Å². The van der Waals surface area contributed by atoms with Crippen LogP contribution in [-0.2, 0) is 0 Å². The largest absolute Gasteiger partial charge is 0.330 e. The van der Waals surface area contributed by atoms with Crippen LogP contribution in [-0.4, -0.2) is 6.54 Å². The molecular weight excluding hydrogens is 278 g/mol. The minimum Gasteiger partial charge on any atom is -0.330 e. The Morgan fingerprint density at radius 3 is 2.52 bits per heavy atom. The molecule has 15 atom stereocenters. The Morgan fingerprint density at radius 1 is 0.783 bits per heavy atom. The standard InChI is InChI=1S/C22H31N/c1-8-2-9-4-12-14(11(9)3-8)16-15(12)18-17(16)19-20-13-6-22(20,21(18)19)5-10(13)7-23/h8-21H,2-7,23H2,1H3. The summed E-state index contributed by atoms with van der Waals surface area (Å²) in [5, 5.41) is 0. The molecule has 23 heavy (non-hydrogen) atoms. The van der Waals surface area contributed by atoms with Crippen molar-refractivity contribution in [1.82, 2.24) is 0 Å². The van der Waals surface area contributed by atoms with Gasteiger partial charge in [0, 0.05) is 0 Å². The van der Waals surface area contributed by atoms with E-state index < -0.39 is 0 Å².